The molecular weight excluding hydrogens is 312 g/mol. The summed E-state index contributed by atoms with van der Waals surface area (Å²) in [7, 11) is 0. The van der Waals surface area contributed by atoms with Gasteiger partial charge in [-0.15, -0.1) is 0 Å². The zero-order chi connectivity index (χ0) is 17.5. The summed E-state index contributed by atoms with van der Waals surface area (Å²) in [6.07, 6.45) is 1.51. The molecule has 0 aliphatic rings. The van der Waals surface area contributed by atoms with E-state index in [-0.39, 0.29) is 17.8 Å². The molecule has 1 heterocycles. The van der Waals surface area contributed by atoms with Gasteiger partial charge in [0, 0.05) is 18.0 Å². The number of aryl methyl sites for hydroxylation is 1. The van der Waals surface area contributed by atoms with Crippen molar-refractivity contribution in [3.8, 4) is 5.75 Å². The Kier molecular flexibility index (Phi) is 5.73. The number of aromatic amines is 1. The summed E-state index contributed by atoms with van der Waals surface area (Å²) in [4.78, 5) is 37.9. The van der Waals surface area contributed by atoms with Gasteiger partial charge < -0.3 is 19.8 Å². The Hall–Kier alpha value is -3.09. The molecule has 0 atom stereocenters. The average Bonchev–Trinajstić information content (AvgIpc) is 2.55. The molecule has 1 aromatic carbocycles. The molecular formula is C17H18N2O5. The number of rotatable bonds is 6. The van der Waals surface area contributed by atoms with Crippen LogP contribution in [0.25, 0.3) is 0 Å². The molecule has 2 rings (SSSR count). The van der Waals surface area contributed by atoms with Crippen LogP contribution in [0.4, 0.5) is 5.69 Å². The van der Waals surface area contributed by atoms with E-state index in [9.17, 15) is 14.4 Å². The molecule has 0 radical (unpaired) electrons. The number of carbonyl (C=O) groups is 2. The van der Waals surface area contributed by atoms with E-state index >= 15 is 0 Å². The van der Waals surface area contributed by atoms with Gasteiger partial charge in [0.05, 0.1) is 17.9 Å². The number of hydrogen-bond donors (Lipinski definition) is 2. The van der Waals surface area contributed by atoms with E-state index < -0.39 is 11.9 Å². The van der Waals surface area contributed by atoms with Gasteiger partial charge in [-0.1, -0.05) is 0 Å². The number of benzene rings is 1. The molecule has 7 heteroatoms. The third kappa shape index (κ3) is 4.45. The van der Waals surface area contributed by atoms with Gasteiger partial charge in [-0.25, -0.2) is 4.79 Å². The van der Waals surface area contributed by atoms with E-state index in [0.29, 0.717) is 23.6 Å². The minimum Gasteiger partial charge on any atom is -0.478 e. The number of amides is 1. The smallest absolute Gasteiger partial charge is 0.338 e. The molecule has 7 nitrogen and oxygen atoms in total. The molecule has 0 spiro atoms. The summed E-state index contributed by atoms with van der Waals surface area (Å²) in [5.41, 5.74) is 1.17. The second-order valence-corrected chi connectivity index (χ2v) is 4.93. The van der Waals surface area contributed by atoms with Gasteiger partial charge in [-0.2, -0.15) is 0 Å². The van der Waals surface area contributed by atoms with E-state index in [1.54, 1.807) is 38.1 Å². The van der Waals surface area contributed by atoms with Crippen LogP contribution >= 0.6 is 0 Å². The van der Waals surface area contributed by atoms with Crippen molar-refractivity contribution in [1.29, 1.82) is 0 Å². The number of esters is 1. The maximum absolute atomic E-state index is 11.9. The Morgan fingerprint density at radius 2 is 1.88 bits per heavy atom. The Morgan fingerprint density at radius 1 is 1.17 bits per heavy atom. The summed E-state index contributed by atoms with van der Waals surface area (Å²) in [6, 6.07) is 7.62. The molecule has 2 N–H and O–H groups in total. The first-order chi connectivity index (χ1) is 11.5. The van der Waals surface area contributed by atoms with Crippen molar-refractivity contribution >= 4 is 17.6 Å². The van der Waals surface area contributed by atoms with Crippen LogP contribution in [0.1, 0.15) is 23.0 Å². The topological polar surface area (TPSA) is 97.5 Å². The van der Waals surface area contributed by atoms with Crippen molar-refractivity contribution in [2.24, 2.45) is 0 Å². The predicted octanol–water partition coefficient (Wildman–Crippen LogP) is 1.88. The minimum absolute atomic E-state index is 0.116. The second-order valence-electron chi connectivity index (χ2n) is 4.93. The fourth-order valence-electron chi connectivity index (χ4n) is 1.99. The molecule has 0 saturated heterocycles. The minimum atomic E-state index is -0.419. The maximum Gasteiger partial charge on any atom is 0.338 e. The lowest BCUT2D eigenvalue weighted by Crippen LogP contribution is -2.22. The number of nitrogens with one attached hydrogen (secondary N) is 2. The zero-order valence-corrected chi connectivity index (χ0v) is 13.4. The van der Waals surface area contributed by atoms with Gasteiger partial charge in [-0.3, -0.25) is 9.59 Å². The predicted molar refractivity (Wildman–Crippen MR) is 88.3 cm³/mol. The molecule has 0 aliphatic carbocycles. The third-order valence-electron chi connectivity index (χ3n) is 3.13. The van der Waals surface area contributed by atoms with Crippen molar-refractivity contribution in [2.75, 3.05) is 18.5 Å². The first-order valence-corrected chi connectivity index (χ1v) is 7.39. The molecule has 1 aromatic heterocycles. The first kappa shape index (κ1) is 17.3. The lowest BCUT2D eigenvalue weighted by atomic mass is 10.2. The first-order valence-electron chi connectivity index (χ1n) is 7.39. The van der Waals surface area contributed by atoms with Crippen LogP contribution in [0.2, 0.25) is 0 Å². The van der Waals surface area contributed by atoms with Crippen molar-refractivity contribution in [3.63, 3.8) is 0 Å². The zero-order valence-electron chi connectivity index (χ0n) is 13.4. The summed E-state index contributed by atoms with van der Waals surface area (Å²) in [5.74, 6) is -0.718. The highest BCUT2D eigenvalue weighted by atomic mass is 16.5. The third-order valence-corrected chi connectivity index (χ3v) is 3.13. The fourth-order valence-corrected chi connectivity index (χ4v) is 1.99. The van der Waals surface area contributed by atoms with Crippen LogP contribution in [-0.4, -0.2) is 30.1 Å². The molecule has 0 aliphatic heterocycles. The van der Waals surface area contributed by atoms with Crippen LogP contribution in [0.3, 0.4) is 0 Å². The summed E-state index contributed by atoms with van der Waals surface area (Å²) in [5, 5.41) is 2.62. The molecule has 24 heavy (non-hydrogen) atoms. The molecule has 0 saturated carbocycles. The second kappa shape index (κ2) is 7.96. The van der Waals surface area contributed by atoms with Gasteiger partial charge in [-0.05, 0) is 38.1 Å². The quantitative estimate of drug-likeness (QED) is 0.788. The fraction of sp³-hybridized carbons (Fsp3) is 0.235. The molecule has 2 aromatic rings. The Balaban J connectivity index is 1.93. The Labute approximate surface area is 138 Å². The summed E-state index contributed by atoms with van der Waals surface area (Å²) >= 11 is 0. The maximum atomic E-state index is 11.9. The largest absolute Gasteiger partial charge is 0.478 e. The highest BCUT2D eigenvalue weighted by Crippen LogP contribution is 2.11. The average molecular weight is 330 g/mol. The Bertz CT molecular complexity index is 780. The molecule has 1 amide bonds. The number of anilines is 1. The van der Waals surface area contributed by atoms with E-state index in [1.807, 2.05) is 0 Å². The van der Waals surface area contributed by atoms with Crippen molar-refractivity contribution in [2.45, 2.75) is 13.8 Å². The highest BCUT2D eigenvalue weighted by Gasteiger charge is 2.10. The van der Waals surface area contributed by atoms with E-state index in [4.69, 9.17) is 9.47 Å². The Morgan fingerprint density at radius 3 is 2.50 bits per heavy atom. The number of ether oxygens (including phenoxy) is 2. The molecule has 0 bridgehead atoms. The standard InChI is InChI=1S/C17H18N2O5/c1-3-23-17(22)12-4-6-13(7-5-12)19-15(21)10-24-16-11(2)18-9-8-14(16)20/h4-9H,3,10H2,1-2H3,(H,18,20)(H,19,21). The summed E-state index contributed by atoms with van der Waals surface area (Å²) in [6.45, 7) is 3.41. The molecule has 0 fully saturated rings. The van der Waals surface area contributed by atoms with E-state index in [2.05, 4.69) is 10.3 Å². The van der Waals surface area contributed by atoms with Gasteiger partial charge in [0.2, 0.25) is 5.43 Å². The van der Waals surface area contributed by atoms with Crippen LogP contribution < -0.4 is 15.5 Å². The molecule has 0 unspecified atom stereocenters. The normalized spacial score (nSPS) is 10.1. The van der Waals surface area contributed by atoms with E-state index in [1.165, 1.54) is 12.3 Å². The van der Waals surface area contributed by atoms with Crippen molar-refractivity contribution in [1.82, 2.24) is 4.98 Å². The number of carbonyl (C=O) groups excluding carboxylic acids is 2. The number of pyridine rings is 1. The number of aromatic nitrogens is 1. The van der Waals surface area contributed by atoms with Gasteiger partial charge in [0.1, 0.15) is 0 Å². The van der Waals surface area contributed by atoms with Crippen LogP contribution in [0, 0.1) is 6.92 Å². The highest BCUT2D eigenvalue weighted by molar-refractivity contribution is 5.93. The van der Waals surface area contributed by atoms with Crippen LogP contribution in [0.15, 0.2) is 41.3 Å². The van der Waals surface area contributed by atoms with Crippen molar-refractivity contribution in [3.05, 3.63) is 58.0 Å². The van der Waals surface area contributed by atoms with Gasteiger partial charge in [0.15, 0.2) is 12.4 Å². The lowest BCUT2D eigenvalue weighted by molar-refractivity contribution is -0.118. The van der Waals surface area contributed by atoms with E-state index in [0.717, 1.165) is 0 Å². The SMILES string of the molecule is CCOC(=O)c1ccc(NC(=O)COc2c(C)[nH]ccc2=O)cc1. The van der Waals surface area contributed by atoms with Gasteiger partial charge >= 0.3 is 5.97 Å². The number of hydrogen-bond acceptors (Lipinski definition) is 5. The lowest BCUT2D eigenvalue weighted by Gasteiger charge is -2.09. The van der Waals surface area contributed by atoms with Crippen LogP contribution in [0.5, 0.6) is 5.75 Å². The van der Waals surface area contributed by atoms with Crippen molar-refractivity contribution < 1.29 is 19.1 Å². The van der Waals surface area contributed by atoms with Gasteiger partial charge in [0.25, 0.3) is 5.91 Å². The number of H-pyrrole nitrogens is 1. The summed E-state index contributed by atoms with van der Waals surface area (Å²) < 4.78 is 10.1. The molecule has 126 valence electrons. The monoisotopic (exact) mass is 330 g/mol. The van der Waals surface area contributed by atoms with Crippen LogP contribution in [-0.2, 0) is 9.53 Å².